The lowest BCUT2D eigenvalue weighted by atomic mass is 10.1. The van der Waals surface area contributed by atoms with E-state index in [0.717, 1.165) is 13.0 Å². The van der Waals surface area contributed by atoms with Gasteiger partial charge in [0.05, 0.1) is 0 Å². The number of nitrogens with one attached hydrogen (secondary N) is 1. The minimum absolute atomic E-state index is 0.142. The highest BCUT2D eigenvalue weighted by molar-refractivity contribution is 5.87. The van der Waals surface area contributed by atoms with Gasteiger partial charge in [0.1, 0.15) is 0 Å². The van der Waals surface area contributed by atoms with E-state index in [9.17, 15) is 4.79 Å². The average Bonchev–Trinajstić information content (AvgIpc) is 2.39. The fourth-order valence-electron chi connectivity index (χ4n) is 1.36. The molecule has 0 aromatic carbocycles. The summed E-state index contributed by atoms with van der Waals surface area (Å²) in [7, 11) is 0. The molecule has 0 aromatic rings. The molecule has 1 heterocycles. The molecule has 1 N–H and O–H groups in total. The summed E-state index contributed by atoms with van der Waals surface area (Å²) in [6.07, 6.45) is 7.14. The molecule has 1 fully saturated rings. The van der Waals surface area contributed by atoms with E-state index in [1.807, 2.05) is 6.08 Å². The highest BCUT2D eigenvalue weighted by Crippen LogP contribution is 2.08. The van der Waals surface area contributed by atoms with Gasteiger partial charge in [-0.1, -0.05) is 6.08 Å². The Kier molecular flexibility index (Phi) is 3.30. The van der Waals surface area contributed by atoms with Gasteiger partial charge in [0, 0.05) is 6.04 Å². The fraction of sp³-hybridized carbons (Fsp3) is 0.667. The zero-order chi connectivity index (χ0) is 8.10. The van der Waals surface area contributed by atoms with Gasteiger partial charge in [0.25, 0.3) is 0 Å². The highest BCUT2D eigenvalue weighted by atomic mass is 16.1. The standard InChI is InChI=1S/C9H15NO/c1-8(11)4-2-5-9-6-3-7-10-9/h2,4,9-10H,3,5-7H2,1H3/b4-2+/t9-/m0/s1. The van der Waals surface area contributed by atoms with Crippen molar-refractivity contribution in [1.29, 1.82) is 0 Å². The minimum atomic E-state index is 0.142. The molecule has 0 aliphatic carbocycles. The summed E-state index contributed by atoms with van der Waals surface area (Å²) in [5.41, 5.74) is 0. The van der Waals surface area contributed by atoms with Gasteiger partial charge in [-0.25, -0.2) is 0 Å². The number of hydrogen-bond donors (Lipinski definition) is 1. The van der Waals surface area contributed by atoms with Crippen LogP contribution in [0.5, 0.6) is 0 Å². The van der Waals surface area contributed by atoms with E-state index in [1.54, 1.807) is 13.0 Å². The third-order valence-electron chi connectivity index (χ3n) is 1.94. The van der Waals surface area contributed by atoms with Gasteiger partial charge in [0.2, 0.25) is 0 Å². The first-order valence-corrected chi connectivity index (χ1v) is 4.19. The Labute approximate surface area is 67.7 Å². The Balaban J connectivity index is 2.15. The monoisotopic (exact) mass is 153 g/mol. The third-order valence-corrected chi connectivity index (χ3v) is 1.94. The fourth-order valence-corrected chi connectivity index (χ4v) is 1.36. The van der Waals surface area contributed by atoms with Crippen LogP contribution in [0.2, 0.25) is 0 Å². The lowest BCUT2D eigenvalue weighted by Gasteiger charge is -2.04. The maximum absolute atomic E-state index is 10.5. The zero-order valence-electron chi connectivity index (χ0n) is 6.97. The van der Waals surface area contributed by atoms with Gasteiger partial charge in [-0.05, 0) is 38.8 Å². The summed E-state index contributed by atoms with van der Waals surface area (Å²) < 4.78 is 0. The normalized spacial score (nSPS) is 24.6. The van der Waals surface area contributed by atoms with E-state index in [1.165, 1.54) is 12.8 Å². The highest BCUT2D eigenvalue weighted by Gasteiger charge is 2.11. The first-order valence-electron chi connectivity index (χ1n) is 4.19. The summed E-state index contributed by atoms with van der Waals surface area (Å²) in [5.74, 6) is 0.142. The molecule has 0 bridgehead atoms. The van der Waals surface area contributed by atoms with Crippen molar-refractivity contribution in [2.75, 3.05) is 6.54 Å². The maximum atomic E-state index is 10.5. The number of rotatable bonds is 3. The third kappa shape index (κ3) is 3.33. The molecule has 0 radical (unpaired) electrons. The van der Waals surface area contributed by atoms with Crippen LogP contribution in [0, 0.1) is 0 Å². The minimum Gasteiger partial charge on any atom is -0.314 e. The summed E-state index contributed by atoms with van der Waals surface area (Å²) >= 11 is 0. The molecule has 1 saturated heterocycles. The van der Waals surface area contributed by atoms with Crippen LogP contribution in [0.4, 0.5) is 0 Å². The van der Waals surface area contributed by atoms with Gasteiger partial charge in [-0.3, -0.25) is 4.79 Å². The number of carbonyl (C=O) groups is 1. The van der Waals surface area contributed by atoms with Crippen molar-refractivity contribution in [2.24, 2.45) is 0 Å². The van der Waals surface area contributed by atoms with E-state index in [4.69, 9.17) is 0 Å². The summed E-state index contributed by atoms with van der Waals surface area (Å²) in [6.45, 7) is 2.72. The molecule has 11 heavy (non-hydrogen) atoms. The van der Waals surface area contributed by atoms with Crippen LogP contribution in [0.3, 0.4) is 0 Å². The first kappa shape index (κ1) is 8.47. The van der Waals surface area contributed by atoms with Crippen molar-refractivity contribution in [1.82, 2.24) is 5.32 Å². The smallest absolute Gasteiger partial charge is 0.152 e. The number of allylic oxidation sites excluding steroid dienone is 1. The van der Waals surface area contributed by atoms with Crippen LogP contribution in [0.25, 0.3) is 0 Å². The molecule has 2 nitrogen and oxygen atoms in total. The molecular formula is C9H15NO. The number of ketones is 1. The van der Waals surface area contributed by atoms with Gasteiger partial charge >= 0.3 is 0 Å². The van der Waals surface area contributed by atoms with Gasteiger partial charge < -0.3 is 5.32 Å². The van der Waals surface area contributed by atoms with Crippen molar-refractivity contribution in [3.8, 4) is 0 Å². The second-order valence-electron chi connectivity index (χ2n) is 3.04. The average molecular weight is 153 g/mol. The number of carbonyl (C=O) groups excluding carboxylic acids is 1. The quantitative estimate of drug-likeness (QED) is 0.619. The molecule has 2 heteroatoms. The molecule has 1 atom stereocenters. The molecule has 0 unspecified atom stereocenters. The van der Waals surface area contributed by atoms with Crippen molar-refractivity contribution in [2.45, 2.75) is 32.2 Å². The lowest BCUT2D eigenvalue weighted by molar-refractivity contribution is -0.112. The first-order chi connectivity index (χ1) is 5.29. The Bertz CT molecular complexity index is 157. The molecule has 0 amide bonds. The second kappa shape index (κ2) is 4.29. The van der Waals surface area contributed by atoms with Crippen molar-refractivity contribution in [3.05, 3.63) is 12.2 Å². The molecule has 1 aliphatic heterocycles. The molecule has 1 aliphatic rings. The van der Waals surface area contributed by atoms with Gasteiger partial charge in [-0.15, -0.1) is 0 Å². The van der Waals surface area contributed by atoms with Crippen molar-refractivity contribution >= 4 is 5.78 Å². The molecule has 0 saturated carbocycles. The van der Waals surface area contributed by atoms with Crippen LogP contribution >= 0.6 is 0 Å². The topological polar surface area (TPSA) is 29.1 Å². The van der Waals surface area contributed by atoms with Crippen LogP contribution in [0.15, 0.2) is 12.2 Å². The summed E-state index contributed by atoms with van der Waals surface area (Å²) in [4.78, 5) is 10.5. The summed E-state index contributed by atoms with van der Waals surface area (Å²) in [5, 5.41) is 3.37. The zero-order valence-corrected chi connectivity index (χ0v) is 6.97. The predicted octanol–water partition coefficient (Wildman–Crippen LogP) is 1.27. The van der Waals surface area contributed by atoms with Gasteiger partial charge in [0.15, 0.2) is 5.78 Å². The SMILES string of the molecule is CC(=O)/C=C/C[C@H]1CCCN1. The van der Waals surface area contributed by atoms with Crippen LogP contribution in [-0.2, 0) is 4.79 Å². The Morgan fingerprint density at radius 1 is 1.73 bits per heavy atom. The largest absolute Gasteiger partial charge is 0.314 e. The molecule has 62 valence electrons. The van der Waals surface area contributed by atoms with Crippen LogP contribution < -0.4 is 5.32 Å². The van der Waals surface area contributed by atoms with E-state index in [0.29, 0.717) is 6.04 Å². The van der Waals surface area contributed by atoms with Crippen LogP contribution in [0.1, 0.15) is 26.2 Å². The second-order valence-corrected chi connectivity index (χ2v) is 3.04. The molecule has 1 rings (SSSR count). The van der Waals surface area contributed by atoms with E-state index in [-0.39, 0.29) is 5.78 Å². The van der Waals surface area contributed by atoms with Crippen molar-refractivity contribution in [3.63, 3.8) is 0 Å². The molecular weight excluding hydrogens is 138 g/mol. The molecule has 0 aromatic heterocycles. The summed E-state index contributed by atoms with van der Waals surface area (Å²) in [6, 6.07) is 0.616. The van der Waals surface area contributed by atoms with E-state index < -0.39 is 0 Å². The molecule has 0 spiro atoms. The lowest BCUT2D eigenvalue weighted by Crippen LogP contribution is -2.19. The van der Waals surface area contributed by atoms with Gasteiger partial charge in [-0.2, -0.15) is 0 Å². The number of hydrogen-bond acceptors (Lipinski definition) is 2. The van der Waals surface area contributed by atoms with Crippen LogP contribution in [-0.4, -0.2) is 18.4 Å². The Morgan fingerprint density at radius 3 is 3.09 bits per heavy atom. The van der Waals surface area contributed by atoms with Crippen molar-refractivity contribution < 1.29 is 4.79 Å². The maximum Gasteiger partial charge on any atom is 0.152 e. The van der Waals surface area contributed by atoms with E-state index >= 15 is 0 Å². The van der Waals surface area contributed by atoms with E-state index in [2.05, 4.69) is 5.32 Å². The Hall–Kier alpha value is -0.630. The predicted molar refractivity (Wildman–Crippen MR) is 45.5 cm³/mol. The Morgan fingerprint density at radius 2 is 2.55 bits per heavy atom.